The van der Waals surface area contributed by atoms with Gasteiger partial charge in [0.25, 0.3) is 0 Å². The van der Waals surface area contributed by atoms with E-state index >= 15 is 0 Å². The Kier molecular flexibility index (Phi) is 4.95. The summed E-state index contributed by atoms with van der Waals surface area (Å²) in [5.41, 5.74) is 11.7. The van der Waals surface area contributed by atoms with Crippen LogP contribution in [-0.4, -0.2) is 27.0 Å². The molecule has 0 fully saturated rings. The first-order valence-corrected chi connectivity index (χ1v) is 8.42. The minimum atomic E-state index is 0.0191. The number of nitriles is 1. The van der Waals surface area contributed by atoms with Crippen molar-refractivity contribution in [2.45, 2.75) is 6.54 Å². The van der Waals surface area contributed by atoms with Gasteiger partial charge in [-0.1, -0.05) is 12.1 Å². The minimum absolute atomic E-state index is 0.0191. The molecule has 0 saturated carbocycles. The second kappa shape index (κ2) is 7.33. The molecule has 26 heavy (non-hydrogen) atoms. The van der Waals surface area contributed by atoms with Crippen molar-refractivity contribution in [3.05, 3.63) is 57.8 Å². The average Bonchev–Trinajstić information content (AvgIpc) is 3.06. The van der Waals surface area contributed by atoms with Gasteiger partial charge in [-0.15, -0.1) is 0 Å². The molecule has 3 rings (SSSR count). The molecule has 1 aromatic carbocycles. The molecule has 0 bridgehead atoms. The lowest BCUT2D eigenvalue weighted by molar-refractivity contribution is 0.686. The second-order valence-corrected chi connectivity index (χ2v) is 6.30. The van der Waals surface area contributed by atoms with Crippen molar-refractivity contribution in [1.29, 1.82) is 10.7 Å². The van der Waals surface area contributed by atoms with Crippen molar-refractivity contribution in [3.63, 3.8) is 0 Å². The number of nitrogens with one attached hydrogen (secondary N) is 2. The quantitative estimate of drug-likeness (QED) is 0.664. The Morgan fingerprint density at radius 2 is 2.23 bits per heavy atom. The molecule has 1 aliphatic rings. The van der Waals surface area contributed by atoms with Crippen LogP contribution in [0.3, 0.4) is 0 Å². The fourth-order valence-corrected chi connectivity index (χ4v) is 2.96. The monoisotopic (exact) mass is 410 g/mol. The number of allylic oxidation sites excluding steroid dienone is 1. The fourth-order valence-electron chi connectivity index (χ4n) is 2.36. The number of hydrogen-bond donors (Lipinski definition) is 3. The first kappa shape index (κ1) is 17.6. The van der Waals surface area contributed by atoms with E-state index in [1.165, 1.54) is 0 Å². The molecule has 8 nitrogen and oxygen atoms in total. The highest BCUT2D eigenvalue weighted by atomic mass is 79.9. The molecule has 9 heteroatoms. The summed E-state index contributed by atoms with van der Waals surface area (Å²) in [7, 11) is 1.84. The lowest BCUT2D eigenvalue weighted by Gasteiger charge is -2.17. The molecule has 2 aromatic rings. The predicted molar refractivity (Wildman–Crippen MR) is 104 cm³/mol. The number of aromatic nitrogens is 2. The molecule has 4 N–H and O–H groups in total. The number of benzene rings is 1. The van der Waals surface area contributed by atoms with Gasteiger partial charge in [0.15, 0.2) is 5.84 Å². The first-order valence-electron chi connectivity index (χ1n) is 7.63. The highest BCUT2D eigenvalue weighted by Crippen LogP contribution is 2.29. The number of nitrogens with zero attached hydrogens (tertiary/aromatic N) is 5. The largest absolute Gasteiger partial charge is 0.382 e. The van der Waals surface area contributed by atoms with Crippen molar-refractivity contribution in [1.82, 2.24) is 15.2 Å². The van der Waals surface area contributed by atoms with Crippen LogP contribution in [0.1, 0.15) is 16.8 Å². The second-order valence-electron chi connectivity index (χ2n) is 5.50. The smallest absolute Gasteiger partial charge is 0.151 e. The Morgan fingerprint density at radius 1 is 1.42 bits per heavy atom. The Labute approximate surface area is 158 Å². The highest BCUT2D eigenvalue weighted by Gasteiger charge is 2.25. The Bertz CT molecular complexity index is 1010. The summed E-state index contributed by atoms with van der Waals surface area (Å²) in [6.45, 7) is 0.411. The third-order valence-electron chi connectivity index (χ3n) is 3.63. The van der Waals surface area contributed by atoms with Crippen molar-refractivity contribution in [3.8, 4) is 6.07 Å². The van der Waals surface area contributed by atoms with Gasteiger partial charge in [-0.3, -0.25) is 10.1 Å². The van der Waals surface area contributed by atoms with Crippen LogP contribution < -0.4 is 11.2 Å². The molecule has 0 amide bonds. The van der Waals surface area contributed by atoms with E-state index < -0.39 is 0 Å². The van der Waals surface area contributed by atoms with Gasteiger partial charge in [-0.25, -0.2) is 4.99 Å². The number of nitrogens with two attached hydrogens (primary N) is 1. The van der Waals surface area contributed by atoms with Crippen LogP contribution >= 0.6 is 15.9 Å². The molecule has 0 aliphatic carbocycles. The molecule has 130 valence electrons. The fraction of sp³-hybridized carbons (Fsp3) is 0.118. The van der Waals surface area contributed by atoms with E-state index in [2.05, 4.69) is 42.6 Å². The molecule has 0 radical (unpaired) electrons. The average molecular weight is 411 g/mol. The van der Waals surface area contributed by atoms with Crippen LogP contribution in [0.2, 0.25) is 0 Å². The normalized spacial score (nSPS) is 15.8. The van der Waals surface area contributed by atoms with Gasteiger partial charge < -0.3 is 11.2 Å². The lowest BCUT2D eigenvalue weighted by Crippen LogP contribution is -2.34. The van der Waals surface area contributed by atoms with Crippen LogP contribution in [-0.2, 0) is 13.6 Å². The molecule has 0 saturated heterocycles. The van der Waals surface area contributed by atoms with Gasteiger partial charge >= 0.3 is 0 Å². The maximum absolute atomic E-state index is 9.08. The van der Waals surface area contributed by atoms with Crippen LogP contribution in [0.15, 0.2) is 51.1 Å². The van der Waals surface area contributed by atoms with Gasteiger partial charge in [-0.2, -0.15) is 15.5 Å². The Balaban J connectivity index is 1.92. The zero-order chi connectivity index (χ0) is 18.7. The maximum Gasteiger partial charge on any atom is 0.151 e. The number of aliphatic imine (C=N–C) groups is 1. The van der Waals surface area contributed by atoms with Gasteiger partial charge in [-0.05, 0) is 34.1 Å². The van der Waals surface area contributed by atoms with E-state index in [1.54, 1.807) is 22.9 Å². The van der Waals surface area contributed by atoms with Gasteiger partial charge in [0.2, 0.25) is 0 Å². The van der Waals surface area contributed by atoms with E-state index in [0.717, 1.165) is 5.69 Å². The standard InChI is InChI=1S/C17H15BrN8/c1-26-6-5-12(25-26)9-22-24-16-13(18)15(23-17(21)14(16)20)11-4-2-3-10(7-11)8-19/h2-7,20,22H,9H2,1H3,(H2,21,23)/b20-14?,24-16-. The van der Waals surface area contributed by atoms with Crippen molar-refractivity contribution < 1.29 is 0 Å². The summed E-state index contributed by atoms with van der Waals surface area (Å²) in [4.78, 5) is 4.28. The van der Waals surface area contributed by atoms with E-state index in [4.69, 9.17) is 16.4 Å². The summed E-state index contributed by atoms with van der Waals surface area (Å²) in [6.07, 6.45) is 1.84. The maximum atomic E-state index is 9.08. The van der Waals surface area contributed by atoms with Crippen LogP contribution in [0.5, 0.6) is 0 Å². The number of rotatable bonds is 4. The van der Waals surface area contributed by atoms with E-state index in [1.807, 2.05) is 25.4 Å². The topological polar surface area (TPSA) is 128 Å². The van der Waals surface area contributed by atoms with E-state index in [0.29, 0.717) is 33.6 Å². The number of halogens is 1. The van der Waals surface area contributed by atoms with Crippen LogP contribution in [0.25, 0.3) is 5.70 Å². The number of amidine groups is 1. The van der Waals surface area contributed by atoms with Crippen molar-refractivity contribution in [2.75, 3.05) is 0 Å². The molecular weight excluding hydrogens is 396 g/mol. The molecule has 1 aromatic heterocycles. The summed E-state index contributed by atoms with van der Waals surface area (Å²) >= 11 is 3.47. The van der Waals surface area contributed by atoms with Crippen LogP contribution in [0, 0.1) is 16.7 Å². The first-order chi connectivity index (χ1) is 12.5. The summed E-state index contributed by atoms with van der Waals surface area (Å²) in [6, 6.07) is 11.0. The molecule has 1 aliphatic heterocycles. The third kappa shape index (κ3) is 3.55. The van der Waals surface area contributed by atoms with Gasteiger partial charge in [0.05, 0.1) is 34.1 Å². The van der Waals surface area contributed by atoms with Crippen LogP contribution in [0.4, 0.5) is 0 Å². The molecule has 0 unspecified atom stereocenters. The lowest BCUT2D eigenvalue weighted by atomic mass is 10.0. The summed E-state index contributed by atoms with van der Waals surface area (Å²) in [5.74, 6) is 0.0592. The third-order valence-corrected chi connectivity index (χ3v) is 4.38. The van der Waals surface area contributed by atoms with E-state index in [-0.39, 0.29) is 11.5 Å². The summed E-state index contributed by atoms with van der Waals surface area (Å²) < 4.78 is 2.23. The predicted octanol–water partition coefficient (Wildman–Crippen LogP) is 1.89. The van der Waals surface area contributed by atoms with Gasteiger partial charge in [0, 0.05) is 18.8 Å². The zero-order valence-corrected chi connectivity index (χ0v) is 15.4. The molecular formula is C17H15BrN8. The summed E-state index contributed by atoms with van der Waals surface area (Å²) in [5, 5.41) is 25.8. The molecule has 0 atom stereocenters. The Hall–Kier alpha value is -3.25. The Morgan fingerprint density at radius 3 is 2.92 bits per heavy atom. The number of hydrogen-bond acceptors (Lipinski definition) is 7. The van der Waals surface area contributed by atoms with Crippen molar-refractivity contribution >= 4 is 38.9 Å². The molecule has 0 spiro atoms. The molecule has 2 heterocycles. The highest BCUT2D eigenvalue weighted by molar-refractivity contribution is 9.12. The zero-order valence-electron chi connectivity index (χ0n) is 13.9. The van der Waals surface area contributed by atoms with Gasteiger partial charge in [0.1, 0.15) is 11.4 Å². The minimum Gasteiger partial charge on any atom is -0.382 e. The SMILES string of the molecule is Cn1ccc(CN/N=C2\C(=N)C(N)=NC(c3cccc(C#N)c3)=C2Br)n1. The van der Waals surface area contributed by atoms with E-state index in [9.17, 15) is 0 Å². The van der Waals surface area contributed by atoms with Crippen molar-refractivity contribution in [2.24, 2.45) is 22.9 Å². The number of hydrazone groups is 1. The number of aryl methyl sites for hydroxylation is 1.